The summed E-state index contributed by atoms with van der Waals surface area (Å²) in [4.78, 5) is 12.7. The maximum Gasteiger partial charge on any atom is 0.270 e. The molecule has 0 amide bonds. The molecule has 5 nitrogen and oxygen atoms in total. The molecule has 0 atom stereocenters. The van der Waals surface area contributed by atoms with Gasteiger partial charge in [0, 0.05) is 12.2 Å². The molecule has 3 rings (SSSR count). The minimum Gasteiger partial charge on any atom is -0.387 e. The van der Waals surface area contributed by atoms with Gasteiger partial charge in [-0.15, -0.1) is 11.3 Å². The molecule has 8 heteroatoms. The van der Waals surface area contributed by atoms with Crippen molar-refractivity contribution in [3.63, 3.8) is 0 Å². The first-order valence-electron chi connectivity index (χ1n) is 7.66. The molecular formula is C17H17FN2O3S2. The predicted molar refractivity (Wildman–Crippen MR) is 96.5 cm³/mol. The molecule has 2 aromatic rings. The van der Waals surface area contributed by atoms with E-state index in [1.165, 1.54) is 35.7 Å². The van der Waals surface area contributed by atoms with E-state index in [9.17, 15) is 17.6 Å². The number of benzene rings is 1. The van der Waals surface area contributed by atoms with Gasteiger partial charge in [-0.05, 0) is 43.0 Å². The molecule has 0 bridgehead atoms. The summed E-state index contributed by atoms with van der Waals surface area (Å²) in [6.07, 6.45) is 1.25. The quantitative estimate of drug-likeness (QED) is 0.827. The Morgan fingerprint density at radius 1 is 1.32 bits per heavy atom. The van der Waals surface area contributed by atoms with Crippen molar-refractivity contribution < 1.29 is 17.6 Å². The average molecular weight is 380 g/mol. The number of sulfonamides is 1. The lowest BCUT2D eigenvalue weighted by atomic mass is 10.2. The summed E-state index contributed by atoms with van der Waals surface area (Å²) in [5.41, 5.74) is 0.840. The van der Waals surface area contributed by atoms with Crippen LogP contribution in [0.15, 0.2) is 46.8 Å². The molecule has 1 aromatic heterocycles. The van der Waals surface area contributed by atoms with Crippen molar-refractivity contribution in [2.24, 2.45) is 0 Å². The molecule has 1 aliphatic rings. The lowest BCUT2D eigenvalue weighted by Crippen LogP contribution is -2.39. The molecule has 25 heavy (non-hydrogen) atoms. The van der Waals surface area contributed by atoms with Crippen molar-refractivity contribution in [1.82, 2.24) is 5.32 Å². The third-order valence-electron chi connectivity index (χ3n) is 3.67. The number of carbonyl (C=O) groups is 1. The fourth-order valence-electron chi connectivity index (χ4n) is 2.50. The van der Waals surface area contributed by atoms with Crippen LogP contribution < -0.4 is 9.62 Å². The summed E-state index contributed by atoms with van der Waals surface area (Å²) in [7, 11) is -4.04. The van der Waals surface area contributed by atoms with Crippen molar-refractivity contribution in [3.05, 3.63) is 63.1 Å². The van der Waals surface area contributed by atoms with E-state index in [2.05, 4.69) is 5.32 Å². The van der Waals surface area contributed by atoms with E-state index in [1.54, 1.807) is 17.5 Å². The molecule has 0 saturated carbocycles. The van der Waals surface area contributed by atoms with Gasteiger partial charge in [0.15, 0.2) is 4.91 Å². The second-order valence-corrected chi connectivity index (χ2v) is 8.68. The normalized spacial score (nSPS) is 17.8. The number of nitrogens with zero attached hydrogens (tertiary/aromatic N) is 1. The van der Waals surface area contributed by atoms with Crippen molar-refractivity contribution in [2.45, 2.75) is 26.4 Å². The van der Waals surface area contributed by atoms with Crippen molar-refractivity contribution >= 4 is 32.8 Å². The van der Waals surface area contributed by atoms with Crippen molar-refractivity contribution in [1.29, 1.82) is 0 Å². The van der Waals surface area contributed by atoms with Gasteiger partial charge in [-0.2, -0.15) is 0 Å². The van der Waals surface area contributed by atoms with Crippen molar-refractivity contribution in [3.8, 4) is 0 Å². The largest absolute Gasteiger partial charge is 0.387 e. The highest BCUT2D eigenvalue weighted by Gasteiger charge is 2.41. The van der Waals surface area contributed by atoms with Crippen LogP contribution in [-0.2, 0) is 16.6 Å². The third kappa shape index (κ3) is 3.32. The molecule has 0 fully saturated rings. The van der Waals surface area contributed by atoms with E-state index < -0.39 is 21.6 Å². The second-order valence-electron chi connectivity index (χ2n) is 5.94. The molecule has 2 heterocycles. The van der Waals surface area contributed by atoms with Crippen LogP contribution in [0.25, 0.3) is 0 Å². The minimum atomic E-state index is -4.04. The molecule has 0 radical (unpaired) electrons. The highest BCUT2D eigenvalue weighted by atomic mass is 32.2. The Kier molecular flexibility index (Phi) is 4.66. The van der Waals surface area contributed by atoms with Gasteiger partial charge in [0.05, 0.1) is 12.2 Å². The summed E-state index contributed by atoms with van der Waals surface area (Å²) in [6, 6.07) is 7.34. The topological polar surface area (TPSA) is 66.5 Å². The number of fused-ring (bicyclic) bond motifs is 1. The van der Waals surface area contributed by atoms with Gasteiger partial charge in [0.2, 0.25) is 5.78 Å². The molecule has 1 aliphatic heterocycles. The van der Waals surface area contributed by atoms with Crippen LogP contribution in [0.3, 0.4) is 0 Å². The zero-order chi connectivity index (χ0) is 18.2. The smallest absolute Gasteiger partial charge is 0.270 e. The Morgan fingerprint density at radius 3 is 2.76 bits per heavy atom. The molecular weight excluding hydrogens is 363 g/mol. The molecule has 1 N–H and O–H groups in total. The summed E-state index contributed by atoms with van der Waals surface area (Å²) >= 11 is 1.19. The standard InChI is InChI=1S/C17H17FN2O3S2/c1-11(2)19-9-15-16(21)17-14(6-7-24-17)20(25(15,22)23)10-12-4-3-5-13(18)8-12/h3-9,11,19H,10H2,1-2H3/b15-9-. The fourth-order valence-corrected chi connectivity index (χ4v) is 4.99. The number of ketones is 1. The Balaban J connectivity index is 2.09. The Labute approximate surface area is 149 Å². The number of hydrogen-bond acceptors (Lipinski definition) is 5. The summed E-state index contributed by atoms with van der Waals surface area (Å²) in [6.45, 7) is 3.65. The van der Waals surface area contributed by atoms with Crippen LogP contribution in [0.1, 0.15) is 29.1 Å². The molecule has 0 saturated heterocycles. The predicted octanol–water partition coefficient (Wildman–Crippen LogP) is 3.26. The van der Waals surface area contributed by atoms with Crippen LogP contribution >= 0.6 is 11.3 Å². The van der Waals surface area contributed by atoms with E-state index in [0.29, 0.717) is 16.1 Å². The number of thiophene rings is 1. The number of carbonyl (C=O) groups excluding carboxylic acids is 1. The van der Waals surface area contributed by atoms with E-state index in [4.69, 9.17) is 0 Å². The van der Waals surface area contributed by atoms with Crippen LogP contribution in [0, 0.1) is 5.82 Å². The zero-order valence-electron chi connectivity index (χ0n) is 13.7. The van der Waals surface area contributed by atoms with Crippen LogP contribution in [0.5, 0.6) is 0 Å². The molecule has 132 valence electrons. The molecule has 0 aliphatic carbocycles. The first-order valence-corrected chi connectivity index (χ1v) is 9.98. The number of rotatable bonds is 4. The lowest BCUT2D eigenvalue weighted by molar-refractivity contribution is 0.104. The average Bonchev–Trinajstić information content (AvgIpc) is 3.00. The van der Waals surface area contributed by atoms with Crippen molar-refractivity contribution in [2.75, 3.05) is 4.31 Å². The minimum absolute atomic E-state index is 0.0168. The first-order chi connectivity index (χ1) is 11.8. The summed E-state index contributed by atoms with van der Waals surface area (Å²) in [5, 5.41) is 4.55. The van der Waals surface area contributed by atoms with Gasteiger partial charge in [0.1, 0.15) is 10.7 Å². The van der Waals surface area contributed by atoms with Crippen LogP contribution in [0.2, 0.25) is 0 Å². The Hall–Kier alpha value is -2.19. The Morgan fingerprint density at radius 2 is 2.08 bits per heavy atom. The maximum absolute atomic E-state index is 13.5. The maximum atomic E-state index is 13.5. The zero-order valence-corrected chi connectivity index (χ0v) is 15.3. The van der Waals surface area contributed by atoms with E-state index in [1.807, 2.05) is 13.8 Å². The van der Waals surface area contributed by atoms with E-state index in [0.717, 1.165) is 4.31 Å². The van der Waals surface area contributed by atoms with E-state index >= 15 is 0 Å². The highest BCUT2D eigenvalue weighted by Crippen LogP contribution is 2.39. The van der Waals surface area contributed by atoms with Gasteiger partial charge in [-0.3, -0.25) is 9.10 Å². The summed E-state index contributed by atoms with van der Waals surface area (Å²) in [5.74, 6) is -0.959. The number of hydrogen-bond donors (Lipinski definition) is 1. The molecule has 0 spiro atoms. The number of allylic oxidation sites excluding steroid dienone is 1. The van der Waals surface area contributed by atoms with Gasteiger partial charge in [-0.1, -0.05) is 12.1 Å². The van der Waals surface area contributed by atoms with Crippen LogP contribution in [0.4, 0.5) is 10.1 Å². The number of Topliss-reactive ketones (excluding diaryl/α,β-unsaturated/α-hetero) is 1. The lowest BCUT2D eigenvalue weighted by Gasteiger charge is -2.29. The van der Waals surface area contributed by atoms with Gasteiger partial charge >= 0.3 is 0 Å². The highest BCUT2D eigenvalue weighted by molar-refractivity contribution is 7.97. The SMILES string of the molecule is CC(C)N/C=C1/C(=O)c2sccc2N(Cc2cccc(F)c2)S1(=O)=O. The second kappa shape index (κ2) is 6.61. The van der Waals surface area contributed by atoms with Gasteiger partial charge in [-0.25, -0.2) is 12.8 Å². The van der Waals surface area contributed by atoms with E-state index in [-0.39, 0.29) is 17.5 Å². The van der Waals surface area contributed by atoms with Crippen LogP contribution in [-0.4, -0.2) is 20.2 Å². The fraction of sp³-hybridized carbons (Fsp3) is 0.235. The number of nitrogens with one attached hydrogen (secondary N) is 1. The summed E-state index contributed by atoms with van der Waals surface area (Å²) < 4.78 is 40.6. The number of halogens is 1. The Bertz CT molecular complexity index is 948. The third-order valence-corrected chi connectivity index (χ3v) is 6.34. The molecule has 1 aromatic carbocycles. The van der Waals surface area contributed by atoms with Gasteiger partial charge in [0.25, 0.3) is 10.0 Å². The van der Waals surface area contributed by atoms with Gasteiger partial charge < -0.3 is 5.32 Å². The first kappa shape index (κ1) is 17.6. The number of anilines is 1. The monoisotopic (exact) mass is 380 g/mol. The molecule has 0 unspecified atom stereocenters.